The molecule has 1 aromatic rings. The molecule has 1 fully saturated rings. The molecule has 1 aromatic carbocycles. The molecule has 1 aliphatic carbocycles. The molecular formula is C15H21N3O3. The highest BCUT2D eigenvalue weighted by Crippen LogP contribution is 2.33. The van der Waals surface area contributed by atoms with E-state index in [0.717, 1.165) is 19.3 Å². The molecule has 1 saturated carbocycles. The van der Waals surface area contributed by atoms with Gasteiger partial charge in [0.1, 0.15) is 11.3 Å². The molecule has 0 aromatic heterocycles. The van der Waals surface area contributed by atoms with Crippen molar-refractivity contribution < 1.29 is 9.72 Å². The quantitative estimate of drug-likeness (QED) is 0.619. The highest BCUT2D eigenvalue weighted by atomic mass is 16.6. The summed E-state index contributed by atoms with van der Waals surface area (Å²) >= 11 is 0. The first kappa shape index (κ1) is 15.3. The van der Waals surface area contributed by atoms with E-state index in [1.165, 1.54) is 0 Å². The number of hydrogen-bond acceptors (Lipinski definition) is 4. The fourth-order valence-corrected chi connectivity index (χ4v) is 2.42. The van der Waals surface area contributed by atoms with Crippen molar-refractivity contribution in [3.8, 4) is 0 Å². The minimum absolute atomic E-state index is 0.116. The van der Waals surface area contributed by atoms with Gasteiger partial charge in [0.25, 0.3) is 5.91 Å². The van der Waals surface area contributed by atoms with Crippen LogP contribution in [0.25, 0.3) is 0 Å². The third kappa shape index (κ3) is 3.32. The van der Waals surface area contributed by atoms with Crippen LogP contribution >= 0.6 is 0 Å². The van der Waals surface area contributed by atoms with Crippen molar-refractivity contribution in [2.45, 2.75) is 39.2 Å². The van der Waals surface area contributed by atoms with Gasteiger partial charge < -0.3 is 10.2 Å². The topological polar surface area (TPSA) is 75.5 Å². The van der Waals surface area contributed by atoms with Gasteiger partial charge in [0.2, 0.25) is 0 Å². The highest BCUT2D eigenvalue weighted by Gasteiger charge is 2.35. The number of anilines is 1. The third-order valence-electron chi connectivity index (χ3n) is 3.60. The average molecular weight is 291 g/mol. The second-order valence-electron chi connectivity index (χ2n) is 5.21. The van der Waals surface area contributed by atoms with Crippen LogP contribution in [0.5, 0.6) is 0 Å². The molecule has 1 amide bonds. The normalized spacial score (nSPS) is 13.8. The van der Waals surface area contributed by atoms with E-state index in [4.69, 9.17) is 0 Å². The molecule has 0 heterocycles. The number of rotatable bonds is 7. The number of nitrogens with zero attached hydrogens (tertiary/aromatic N) is 2. The zero-order valence-corrected chi connectivity index (χ0v) is 12.5. The molecule has 1 N–H and O–H groups in total. The summed E-state index contributed by atoms with van der Waals surface area (Å²) in [5.74, 6) is -0.244. The van der Waals surface area contributed by atoms with Gasteiger partial charge >= 0.3 is 5.69 Å². The van der Waals surface area contributed by atoms with Crippen molar-refractivity contribution in [2.24, 2.45) is 0 Å². The van der Waals surface area contributed by atoms with E-state index in [1.807, 2.05) is 13.8 Å². The Bertz CT molecular complexity index is 541. The Balaban J connectivity index is 2.37. The molecule has 0 aliphatic heterocycles. The second kappa shape index (κ2) is 6.56. The molecule has 0 atom stereocenters. The first-order chi connectivity index (χ1) is 10.1. The molecule has 0 radical (unpaired) electrons. The van der Waals surface area contributed by atoms with E-state index < -0.39 is 4.92 Å². The molecule has 21 heavy (non-hydrogen) atoms. The van der Waals surface area contributed by atoms with Gasteiger partial charge in [-0.15, -0.1) is 0 Å². The van der Waals surface area contributed by atoms with Crippen LogP contribution in [-0.2, 0) is 0 Å². The molecule has 0 spiro atoms. The van der Waals surface area contributed by atoms with E-state index in [1.54, 1.807) is 23.1 Å². The van der Waals surface area contributed by atoms with Crippen LogP contribution in [0.3, 0.4) is 0 Å². The molecule has 2 rings (SSSR count). The maximum Gasteiger partial charge on any atom is 0.305 e. The van der Waals surface area contributed by atoms with Gasteiger partial charge in [-0.1, -0.05) is 13.0 Å². The van der Waals surface area contributed by atoms with Crippen molar-refractivity contribution >= 4 is 17.3 Å². The summed E-state index contributed by atoms with van der Waals surface area (Å²) in [5.41, 5.74) is 0.476. The smallest absolute Gasteiger partial charge is 0.305 e. The summed E-state index contributed by atoms with van der Waals surface area (Å²) in [6.45, 7) is 5.10. The largest absolute Gasteiger partial charge is 0.379 e. The molecule has 0 unspecified atom stereocenters. The number of nitrogens with one attached hydrogen (secondary N) is 1. The number of benzene rings is 1. The van der Waals surface area contributed by atoms with Gasteiger partial charge in [-0.2, -0.15) is 0 Å². The molecule has 6 heteroatoms. The van der Waals surface area contributed by atoms with Crippen LogP contribution < -0.4 is 5.32 Å². The van der Waals surface area contributed by atoms with Crippen LogP contribution in [-0.4, -0.2) is 34.9 Å². The number of hydrogen-bond donors (Lipinski definition) is 1. The monoisotopic (exact) mass is 291 g/mol. The third-order valence-corrected chi connectivity index (χ3v) is 3.60. The molecule has 0 saturated heterocycles. The Morgan fingerprint density at radius 3 is 2.67 bits per heavy atom. The predicted octanol–water partition coefficient (Wildman–Crippen LogP) is 3.04. The summed E-state index contributed by atoms with van der Waals surface area (Å²) in [6, 6.07) is 5.13. The lowest BCUT2D eigenvalue weighted by atomic mass is 10.1. The Morgan fingerprint density at radius 1 is 1.43 bits per heavy atom. The van der Waals surface area contributed by atoms with Crippen molar-refractivity contribution in [3.05, 3.63) is 33.9 Å². The van der Waals surface area contributed by atoms with Crippen LogP contribution in [0.2, 0.25) is 0 Å². The van der Waals surface area contributed by atoms with Crippen molar-refractivity contribution in [1.29, 1.82) is 0 Å². The molecular weight excluding hydrogens is 270 g/mol. The lowest BCUT2D eigenvalue weighted by Gasteiger charge is -2.20. The average Bonchev–Trinajstić information content (AvgIpc) is 3.29. The van der Waals surface area contributed by atoms with Gasteiger partial charge in [0.15, 0.2) is 0 Å². The first-order valence-corrected chi connectivity index (χ1v) is 7.42. The molecule has 6 nitrogen and oxygen atoms in total. The van der Waals surface area contributed by atoms with Crippen LogP contribution in [0.4, 0.5) is 11.4 Å². The summed E-state index contributed by atoms with van der Waals surface area (Å²) in [5, 5.41) is 14.4. The van der Waals surface area contributed by atoms with E-state index in [9.17, 15) is 14.9 Å². The lowest BCUT2D eigenvalue weighted by molar-refractivity contribution is -0.384. The van der Waals surface area contributed by atoms with Crippen molar-refractivity contribution in [3.63, 3.8) is 0 Å². The number of nitro benzene ring substituents is 1. The minimum atomic E-state index is -0.466. The lowest BCUT2D eigenvalue weighted by Crippen LogP contribution is -2.33. The van der Waals surface area contributed by atoms with Gasteiger partial charge in [-0.25, -0.2) is 0 Å². The molecule has 114 valence electrons. The standard InChI is InChI=1S/C15H21N3O3/c1-3-10-16-13-7-5-6-12(14(13)18(20)21)15(19)17(4-2)11-8-9-11/h5-7,11,16H,3-4,8-10H2,1-2H3. The Morgan fingerprint density at radius 2 is 2.14 bits per heavy atom. The van der Waals surface area contributed by atoms with Crippen LogP contribution in [0, 0.1) is 10.1 Å². The predicted molar refractivity (Wildman–Crippen MR) is 81.6 cm³/mol. The number of para-hydroxylation sites is 1. The Labute approximate surface area is 124 Å². The molecule has 0 bridgehead atoms. The van der Waals surface area contributed by atoms with Gasteiger partial charge in [-0.05, 0) is 38.3 Å². The van der Waals surface area contributed by atoms with E-state index >= 15 is 0 Å². The van der Waals surface area contributed by atoms with Crippen molar-refractivity contribution in [2.75, 3.05) is 18.4 Å². The zero-order chi connectivity index (χ0) is 15.4. The summed E-state index contributed by atoms with van der Waals surface area (Å²) in [7, 11) is 0. The van der Waals surface area contributed by atoms with Gasteiger partial charge in [0, 0.05) is 19.1 Å². The van der Waals surface area contributed by atoms with Gasteiger partial charge in [-0.3, -0.25) is 14.9 Å². The highest BCUT2D eigenvalue weighted by molar-refractivity contribution is 6.00. The Kier molecular flexibility index (Phi) is 4.77. The summed E-state index contributed by atoms with van der Waals surface area (Å²) in [6.07, 6.45) is 2.83. The van der Waals surface area contributed by atoms with E-state index in [2.05, 4.69) is 5.32 Å². The number of amides is 1. The molecule has 1 aliphatic rings. The van der Waals surface area contributed by atoms with E-state index in [-0.39, 0.29) is 23.2 Å². The maximum atomic E-state index is 12.6. The Hall–Kier alpha value is -2.11. The number of carbonyl (C=O) groups excluding carboxylic acids is 1. The first-order valence-electron chi connectivity index (χ1n) is 7.42. The number of nitro groups is 1. The van der Waals surface area contributed by atoms with E-state index in [0.29, 0.717) is 18.8 Å². The van der Waals surface area contributed by atoms with Crippen molar-refractivity contribution in [1.82, 2.24) is 4.90 Å². The maximum absolute atomic E-state index is 12.6. The SMILES string of the molecule is CCCNc1cccc(C(=O)N(CC)C2CC2)c1[N+](=O)[O-]. The van der Waals surface area contributed by atoms with Crippen LogP contribution in [0.15, 0.2) is 18.2 Å². The summed E-state index contributed by atoms with van der Waals surface area (Å²) in [4.78, 5) is 25.3. The fourth-order valence-electron chi connectivity index (χ4n) is 2.42. The fraction of sp³-hybridized carbons (Fsp3) is 0.533. The summed E-state index contributed by atoms with van der Waals surface area (Å²) < 4.78 is 0. The second-order valence-corrected chi connectivity index (χ2v) is 5.21. The minimum Gasteiger partial charge on any atom is -0.379 e. The number of carbonyl (C=O) groups is 1. The van der Waals surface area contributed by atoms with Crippen LogP contribution in [0.1, 0.15) is 43.5 Å². The zero-order valence-electron chi connectivity index (χ0n) is 12.5. The van der Waals surface area contributed by atoms with Gasteiger partial charge in [0.05, 0.1) is 4.92 Å².